The molecule has 2 aliphatic heterocycles. The number of likely N-dealkylation sites (tertiary alicyclic amines) is 1. The fraction of sp³-hybridized carbons (Fsp3) is 0.895. The molecule has 10 heteroatoms. The molecule has 0 aliphatic carbocycles. The molecule has 1 amide bonds. The highest BCUT2D eigenvalue weighted by molar-refractivity contribution is 7.89. The van der Waals surface area contributed by atoms with E-state index in [1.54, 1.807) is 0 Å². The number of hydrogen-bond donors (Lipinski definition) is 1. The highest BCUT2D eigenvalue weighted by atomic mass is 32.2. The van der Waals surface area contributed by atoms with Crippen molar-refractivity contribution in [1.29, 1.82) is 0 Å². The fourth-order valence-corrected chi connectivity index (χ4v) is 4.79. The summed E-state index contributed by atoms with van der Waals surface area (Å²) in [7, 11) is -3.31. The van der Waals surface area contributed by atoms with Crippen LogP contribution in [0.1, 0.15) is 40.0 Å². The first-order valence-electron chi connectivity index (χ1n) is 10.7. The number of hydrogen-bond acceptors (Lipinski definition) is 5. The van der Waals surface area contributed by atoms with E-state index in [1.165, 1.54) is 4.31 Å². The Balaban J connectivity index is 1.82. The maximum absolute atomic E-state index is 12.5. The zero-order valence-corrected chi connectivity index (χ0v) is 18.9. The number of rotatable bonds is 9. The van der Waals surface area contributed by atoms with E-state index in [0.717, 1.165) is 38.4 Å². The van der Waals surface area contributed by atoms with E-state index in [4.69, 9.17) is 4.74 Å². The highest BCUT2D eigenvalue weighted by Crippen LogP contribution is 2.10. The van der Waals surface area contributed by atoms with Crippen LogP contribution in [0.4, 0.5) is 0 Å². The Kier molecular flexibility index (Phi) is 9.64. The zero-order valence-electron chi connectivity index (χ0n) is 18.1. The van der Waals surface area contributed by atoms with Gasteiger partial charge in [0.2, 0.25) is 15.9 Å². The third-order valence-corrected chi connectivity index (χ3v) is 6.94. The van der Waals surface area contributed by atoms with Crippen LogP contribution in [0.2, 0.25) is 0 Å². The van der Waals surface area contributed by atoms with E-state index in [9.17, 15) is 13.2 Å². The quantitative estimate of drug-likeness (QED) is 0.418. The Labute approximate surface area is 175 Å². The van der Waals surface area contributed by atoms with Gasteiger partial charge in [-0.2, -0.15) is 4.31 Å². The number of amides is 1. The first-order chi connectivity index (χ1) is 13.8. The van der Waals surface area contributed by atoms with Crippen LogP contribution < -0.4 is 5.32 Å². The van der Waals surface area contributed by atoms with Gasteiger partial charge in [0.25, 0.3) is 0 Å². The first kappa shape index (κ1) is 23.9. The average Bonchev–Trinajstić information content (AvgIpc) is 3.22. The Hall–Kier alpha value is -1.39. The highest BCUT2D eigenvalue weighted by Gasteiger charge is 2.28. The molecule has 29 heavy (non-hydrogen) atoms. The van der Waals surface area contributed by atoms with Crippen molar-refractivity contribution in [1.82, 2.24) is 19.4 Å². The molecule has 0 bridgehead atoms. The molecule has 2 rings (SSSR count). The number of carbonyl (C=O) groups is 1. The van der Waals surface area contributed by atoms with Gasteiger partial charge in [0.1, 0.15) is 0 Å². The van der Waals surface area contributed by atoms with E-state index in [2.05, 4.69) is 15.2 Å². The minimum absolute atomic E-state index is 0.0119. The summed E-state index contributed by atoms with van der Waals surface area (Å²) >= 11 is 0. The molecule has 2 heterocycles. The second kappa shape index (κ2) is 11.7. The normalized spacial score (nSPS) is 19.2. The predicted octanol–water partition coefficient (Wildman–Crippen LogP) is 0.337. The number of guanidine groups is 1. The monoisotopic (exact) mass is 431 g/mol. The van der Waals surface area contributed by atoms with Crippen molar-refractivity contribution in [2.75, 3.05) is 64.7 Å². The summed E-state index contributed by atoms with van der Waals surface area (Å²) in [6, 6.07) is 0. The van der Waals surface area contributed by atoms with Crippen LogP contribution in [0.25, 0.3) is 0 Å². The molecule has 9 nitrogen and oxygen atoms in total. The molecule has 0 aromatic rings. The van der Waals surface area contributed by atoms with Gasteiger partial charge in [-0.15, -0.1) is 0 Å². The van der Waals surface area contributed by atoms with Gasteiger partial charge in [0, 0.05) is 52.2 Å². The van der Waals surface area contributed by atoms with Crippen molar-refractivity contribution in [3.63, 3.8) is 0 Å². The molecule has 168 valence electrons. The van der Waals surface area contributed by atoms with Crippen LogP contribution in [-0.2, 0) is 19.6 Å². The molecule has 0 aromatic carbocycles. The van der Waals surface area contributed by atoms with Gasteiger partial charge in [0.05, 0.1) is 25.0 Å². The summed E-state index contributed by atoms with van der Waals surface area (Å²) in [6.07, 6.45) is 2.63. The smallest absolute Gasteiger partial charge is 0.224 e. The van der Waals surface area contributed by atoms with Crippen LogP contribution in [0.3, 0.4) is 0 Å². The van der Waals surface area contributed by atoms with E-state index >= 15 is 0 Å². The lowest BCUT2D eigenvalue weighted by Gasteiger charge is -2.36. The third kappa shape index (κ3) is 7.75. The molecular weight excluding hydrogens is 394 g/mol. The lowest BCUT2D eigenvalue weighted by atomic mass is 10.3. The van der Waals surface area contributed by atoms with Gasteiger partial charge >= 0.3 is 0 Å². The summed E-state index contributed by atoms with van der Waals surface area (Å²) < 4.78 is 31.9. The van der Waals surface area contributed by atoms with Gasteiger partial charge < -0.3 is 19.9 Å². The van der Waals surface area contributed by atoms with E-state index < -0.39 is 10.0 Å². The second-order valence-corrected chi connectivity index (χ2v) is 9.78. The summed E-state index contributed by atoms with van der Waals surface area (Å²) in [5.74, 6) is 0.932. The van der Waals surface area contributed by atoms with Crippen molar-refractivity contribution in [2.24, 2.45) is 4.99 Å². The number of sulfonamides is 1. The molecule has 1 N–H and O–H groups in total. The van der Waals surface area contributed by atoms with Gasteiger partial charge in [0.15, 0.2) is 5.96 Å². The molecule has 0 saturated carbocycles. The number of ether oxygens (including phenoxy) is 1. The van der Waals surface area contributed by atoms with Gasteiger partial charge in [-0.25, -0.2) is 8.42 Å². The lowest BCUT2D eigenvalue weighted by Crippen LogP contribution is -2.54. The molecule has 2 aliphatic rings. The largest absolute Gasteiger partial charge is 0.378 e. The van der Waals surface area contributed by atoms with Crippen molar-refractivity contribution in [3.05, 3.63) is 0 Å². The average molecular weight is 432 g/mol. The third-order valence-electron chi connectivity index (χ3n) is 5.10. The number of carbonyl (C=O) groups excluding carboxylic acids is 1. The first-order valence-corrected chi connectivity index (χ1v) is 12.3. The summed E-state index contributed by atoms with van der Waals surface area (Å²) in [6.45, 7) is 10.9. The van der Waals surface area contributed by atoms with E-state index in [-0.39, 0.29) is 24.4 Å². The van der Waals surface area contributed by atoms with Crippen molar-refractivity contribution < 1.29 is 17.9 Å². The Morgan fingerprint density at radius 3 is 2.31 bits per heavy atom. The molecule has 0 spiro atoms. The number of nitrogens with zero attached hydrogens (tertiary/aromatic N) is 4. The SMILES string of the molecule is CCNC(=NCCC(=O)N1CCCC1)N1CCN(S(=O)(=O)CCOC(C)C)CC1. The van der Waals surface area contributed by atoms with Gasteiger partial charge in [-0.3, -0.25) is 9.79 Å². The van der Waals surface area contributed by atoms with Crippen molar-refractivity contribution in [2.45, 2.75) is 46.1 Å². The van der Waals surface area contributed by atoms with Crippen molar-refractivity contribution in [3.8, 4) is 0 Å². The van der Waals surface area contributed by atoms with Gasteiger partial charge in [-0.1, -0.05) is 0 Å². The standard InChI is InChI=1S/C19H37N5O4S/c1-4-20-19(21-8-7-18(25)22-9-5-6-10-22)23-11-13-24(14-12-23)29(26,27)16-15-28-17(2)3/h17H,4-16H2,1-3H3,(H,20,21). The summed E-state index contributed by atoms with van der Waals surface area (Å²) in [5.41, 5.74) is 0. The lowest BCUT2D eigenvalue weighted by molar-refractivity contribution is -0.129. The fourth-order valence-electron chi connectivity index (χ4n) is 3.50. The topological polar surface area (TPSA) is 94.5 Å². The van der Waals surface area contributed by atoms with Crippen LogP contribution >= 0.6 is 0 Å². The summed E-state index contributed by atoms with van der Waals surface area (Å²) in [5, 5.41) is 3.26. The summed E-state index contributed by atoms with van der Waals surface area (Å²) in [4.78, 5) is 20.8. The number of nitrogens with one attached hydrogen (secondary N) is 1. The number of aliphatic imine (C=N–C) groups is 1. The van der Waals surface area contributed by atoms with Crippen LogP contribution in [-0.4, -0.2) is 105 Å². The minimum Gasteiger partial charge on any atom is -0.378 e. The maximum Gasteiger partial charge on any atom is 0.224 e. The molecule has 0 unspecified atom stereocenters. The molecule has 2 saturated heterocycles. The predicted molar refractivity (Wildman–Crippen MR) is 114 cm³/mol. The van der Waals surface area contributed by atoms with E-state index in [0.29, 0.717) is 39.1 Å². The van der Waals surface area contributed by atoms with Crippen molar-refractivity contribution >= 4 is 21.9 Å². The van der Waals surface area contributed by atoms with E-state index in [1.807, 2.05) is 25.7 Å². The van der Waals surface area contributed by atoms with Crippen LogP contribution in [0.5, 0.6) is 0 Å². The Morgan fingerprint density at radius 1 is 1.07 bits per heavy atom. The Morgan fingerprint density at radius 2 is 1.72 bits per heavy atom. The maximum atomic E-state index is 12.5. The molecular formula is C19H37N5O4S. The van der Waals surface area contributed by atoms with Crippen LogP contribution in [0, 0.1) is 0 Å². The molecule has 0 atom stereocenters. The molecule has 2 fully saturated rings. The minimum atomic E-state index is -3.31. The molecule has 0 aromatic heterocycles. The van der Waals surface area contributed by atoms with Gasteiger partial charge in [-0.05, 0) is 33.6 Å². The second-order valence-electron chi connectivity index (χ2n) is 7.70. The van der Waals surface area contributed by atoms with Crippen LogP contribution in [0.15, 0.2) is 4.99 Å². The zero-order chi connectivity index (χ0) is 21.3. The molecule has 0 radical (unpaired) electrons. The number of piperazine rings is 1. The Bertz CT molecular complexity index is 639.